The number of hydrogen-bond acceptors (Lipinski definition) is 14. The lowest BCUT2D eigenvalue weighted by Gasteiger charge is -2.39. The predicted molar refractivity (Wildman–Crippen MR) is 111 cm³/mol. The first-order valence-electron chi connectivity index (χ1n) is 10.6. The average Bonchev–Trinajstić information content (AvgIpc) is 2.84. The summed E-state index contributed by atoms with van der Waals surface area (Å²) in [6, 6.07) is 3.82. The number of aliphatic hydroxyl groups excluding tert-OH is 8. The Morgan fingerprint density at radius 2 is 1.37 bits per heavy atom. The van der Waals surface area contributed by atoms with E-state index in [0.717, 1.165) is 6.08 Å². The van der Waals surface area contributed by atoms with Crippen molar-refractivity contribution in [3.8, 4) is 11.5 Å². The molecule has 2 heterocycles. The molecule has 14 heteroatoms. The van der Waals surface area contributed by atoms with E-state index in [1.54, 1.807) is 0 Å². The first-order valence-corrected chi connectivity index (χ1v) is 10.6. The summed E-state index contributed by atoms with van der Waals surface area (Å²) >= 11 is 0. The lowest BCUT2D eigenvalue weighted by atomic mass is 9.99. The van der Waals surface area contributed by atoms with Gasteiger partial charge in [-0.15, -0.1) is 0 Å². The summed E-state index contributed by atoms with van der Waals surface area (Å²) in [6.07, 6.45) is -13.6. The molecule has 1 aromatic carbocycles. The lowest BCUT2D eigenvalue weighted by Crippen LogP contribution is -2.60. The zero-order valence-electron chi connectivity index (χ0n) is 18.1. The number of carbonyl (C=O) groups excluding carboxylic acids is 1. The van der Waals surface area contributed by atoms with E-state index in [1.165, 1.54) is 24.3 Å². The Morgan fingerprint density at radius 3 is 1.94 bits per heavy atom. The summed E-state index contributed by atoms with van der Waals surface area (Å²) < 4.78 is 20.6. The van der Waals surface area contributed by atoms with E-state index in [0.29, 0.717) is 0 Å². The highest BCUT2D eigenvalue weighted by atomic mass is 16.7. The van der Waals surface area contributed by atoms with Crippen LogP contribution in [0.4, 0.5) is 0 Å². The van der Waals surface area contributed by atoms with Gasteiger partial charge in [-0.1, -0.05) is 6.07 Å². The third-order valence-electron chi connectivity index (χ3n) is 5.57. The molecule has 2 aliphatic rings. The van der Waals surface area contributed by atoms with Crippen LogP contribution in [-0.4, -0.2) is 127 Å². The summed E-state index contributed by atoms with van der Waals surface area (Å²) in [6.45, 7) is -1.37. The number of rotatable bonds is 7. The molecule has 3 rings (SSSR count). The minimum Gasteiger partial charge on any atom is -0.504 e. The molecule has 0 saturated carbocycles. The Morgan fingerprint density at radius 1 is 0.829 bits per heavy atom. The highest BCUT2D eigenvalue weighted by Gasteiger charge is 2.46. The van der Waals surface area contributed by atoms with Crippen molar-refractivity contribution in [2.45, 2.75) is 61.4 Å². The zero-order chi connectivity index (χ0) is 25.9. The standard InChI is InChI=1S/C21H28O14/c22-6-11-14(26)16(28)18(30)20(33-11)32-10-5-8(1-3-9(10)24)2-4-13(25)35-21-19(31)17(29)15(27)12(7-23)34-21/h1-5,11-12,14-24,26-31H,6-7H2/t11-,12-,14-,15-,16+,17+,18-,19-,20-,21+/m1/s1. The van der Waals surface area contributed by atoms with Crippen molar-refractivity contribution in [3.63, 3.8) is 0 Å². The van der Waals surface area contributed by atoms with Crippen molar-refractivity contribution in [2.75, 3.05) is 13.2 Å². The third-order valence-corrected chi connectivity index (χ3v) is 5.57. The SMILES string of the molecule is O=C(C=Cc1ccc(O)c(O[C@@H]2O[C@H](CO)[C@@H](O)[C@H](O)[C@H]2O)c1)O[C@@H]1O[C@H](CO)[C@@H](O)[C@H](O)[C@H]1O. The zero-order valence-corrected chi connectivity index (χ0v) is 18.1. The molecule has 196 valence electrons. The smallest absolute Gasteiger partial charge is 0.333 e. The summed E-state index contributed by atoms with van der Waals surface area (Å²) in [5, 5.41) is 87.7. The van der Waals surface area contributed by atoms with Crippen molar-refractivity contribution < 1.29 is 69.7 Å². The van der Waals surface area contributed by atoms with Crippen LogP contribution in [0.3, 0.4) is 0 Å². The van der Waals surface area contributed by atoms with Gasteiger partial charge in [-0.25, -0.2) is 4.79 Å². The molecule has 14 nitrogen and oxygen atoms in total. The minimum atomic E-state index is -1.77. The van der Waals surface area contributed by atoms with E-state index in [2.05, 4.69) is 0 Å². The molecule has 0 aromatic heterocycles. The molecule has 0 bridgehead atoms. The molecule has 0 unspecified atom stereocenters. The van der Waals surface area contributed by atoms with Crippen LogP contribution in [0.15, 0.2) is 24.3 Å². The van der Waals surface area contributed by atoms with Crippen LogP contribution in [0.2, 0.25) is 0 Å². The van der Waals surface area contributed by atoms with Gasteiger partial charge >= 0.3 is 5.97 Å². The maximum atomic E-state index is 12.1. The number of aliphatic hydroxyl groups is 8. The molecular formula is C21H28O14. The molecule has 1 aromatic rings. The molecule has 2 saturated heterocycles. The van der Waals surface area contributed by atoms with Crippen molar-refractivity contribution in [3.05, 3.63) is 29.8 Å². The molecule has 35 heavy (non-hydrogen) atoms. The van der Waals surface area contributed by atoms with Crippen LogP contribution < -0.4 is 4.74 Å². The van der Waals surface area contributed by atoms with Gasteiger partial charge in [0, 0.05) is 6.08 Å². The number of esters is 1. The van der Waals surface area contributed by atoms with Gasteiger partial charge in [-0.3, -0.25) is 0 Å². The monoisotopic (exact) mass is 504 g/mol. The fourth-order valence-electron chi connectivity index (χ4n) is 3.50. The minimum absolute atomic E-state index is 0.223. The highest BCUT2D eigenvalue weighted by Crippen LogP contribution is 2.31. The first kappa shape index (κ1) is 27.2. The number of ether oxygens (including phenoxy) is 4. The molecule has 2 fully saturated rings. The highest BCUT2D eigenvalue weighted by molar-refractivity contribution is 5.87. The van der Waals surface area contributed by atoms with Gasteiger partial charge < -0.3 is 64.9 Å². The predicted octanol–water partition coefficient (Wildman–Crippen LogP) is -4.07. The first-order chi connectivity index (χ1) is 16.6. The van der Waals surface area contributed by atoms with E-state index >= 15 is 0 Å². The van der Waals surface area contributed by atoms with Gasteiger partial charge in [0.15, 0.2) is 11.5 Å². The van der Waals surface area contributed by atoms with E-state index in [9.17, 15) is 50.8 Å². The maximum absolute atomic E-state index is 12.1. The second kappa shape index (κ2) is 11.6. The van der Waals surface area contributed by atoms with Crippen LogP contribution >= 0.6 is 0 Å². The number of aromatic hydroxyl groups is 1. The molecule has 2 aliphatic heterocycles. The van der Waals surface area contributed by atoms with Crippen molar-refractivity contribution >= 4 is 12.0 Å². The molecule has 0 amide bonds. The van der Waals surface area contributed by atoms with Gasteiger partial charge in [-0.05, 0) is 23.8 Å². The molecule has 9 N–H and O–H groups in total. The van der Waals surface area contributed by atoms with Crippen molar-refractivity contribution in [2.24, 2.45) is 0 Å². The summed E-state index contributed by atoms with van der Waals surface area (Å²) in [5.74, 6) is -1.62. The van der Waals surface area contributed by atoms with Gasteiger partial charge in [0.05, 0.1) is 13.2 Å². The second-order valence-electron chi connectivity index (χ2n) is 8.01. The summed E-state index contributed by atoms with van der Waals surface area (Å²) in [5.41, 5.74) is 0.285. The third kappa shape index (κ3) is 6.07. The van der Waals surface area contributed by atoms with Crippen LogP contribution in [0.5, 0.6) is 11.5 Å². The van der Waals surface area contributed by atoms with Gasteiger partial charge in [0.2, 0.25) is 12.6 Å². The second-order valence-corrected chi connectivity index (χ2v) is 8.01. The average molecular weight is 504 g/mol. The molecule has 0 spiro atoms. The largest absolute Gasteiger partial charge is 0.504 e. The van der Waals surface area contributed by atoms with E-state index < -0.39 is 80.6 Å². The van der Waals surface area contributed by atoms with Crippen LogP contribution in [0, 0.1) is 0 Å². The Labute approximate surface area is 198 Å². The summed E-state index contributed by atoms with van der Waals surface area (Å²) in [7, 11) is 0. The topological polar surface area (TPSA) is 236 Å². The fraction of sp³-hybridized carbons (Fsp3) is 0.571. The number of carbonyl (C=O) groups is 1. The van der Waals surface area contributed by atoms with Gasteiger partial charge in [0.1, 0.15) is 48.8 Å². The molecule has 0 aliphatic carbocycles. The molecule has 10 atom stereocenters. The van der Waals surface area contributed by atoms with Crippen LogP contribution in [0.1, 0.15) is 5.56 Å². The van der Waals surface area contributed by atoms with E-state index in [-0.39, 0.29) is 17.1 Å². The summed E-state index contributed by atoms with van der Waals surface area (Å²) in [4.78, 5) is 12.1. The van der Waals surface area contributed by atoms with Gasteiger partial charge in [-0.2, -0.15) is 0 Å². The van der Waals surface area contributed by atoms with Crippen LogP contribution in [0.25, 0.3) is 6.08 Å². The fourth-order valence-corrected chi connectivity index (χ4v) is 3.50. The number of phenols is 1. The molecule has 0 radical (unpaired) electrons. The van der Waals surface area contributed by atoms with Crippen LogP contribution in [-0.2, 0) is 19.0 Å². The maximum Gasteiger partial charge on any atom is 0.333 e. The Balaban J connectivity index is 1.66. The number of benzene rings is 1. The normalized spacial score (nSPS) is 37.8. The number of hydrogen-bond donors (Lipinski definition) is 9. The van der Waals surface area contributed by atoms with Crippen molar-refractivity contribution in [1.29, 1.82) is 0 Å². The van der Waals surface area contributed by atoms with E-state index in [4.69, 9.17) is 18.9 Å². The Kier molecular flexibility index (Phi) is 9.00. The van der Waals surface area contributed by atoms with Crippen molar-refractivity contribution in [1.82, 2.24) is 0 Å². The lowest BCUT2D eigenvalue weighted by molar-refractivity contribution is -0.291. The van der Waals surface area contributed by atoms with Gasteiger partial charge in [0.25, 0.3) is 0 Å². The molecular weight excluding hydrogens is 476 g/mol. The quantitative estimate of drug-likeness (QED) is 0.127. The Hall–Kier alpha value is -2.37. The number of phenolic OH excluding ortho intramolecular Hbond substituents is 1. The van der Waals surface area contributed by atoms with E-state index in [1.807, 2.05) is 0 Å². The Bertz CT molecular complexity index is 889.